The lowest BCUT2D eigenvalue weighted by atomic mass is 10.1. The van der Waals surface area contributed by atoms with Gasteiger partial charge in [-0.25, -0.2) is 0 Å². The van der Waals surface area contributed by atoms with Crippen LogP contribution in [0.15, 0.2) is 46.7 Å². The molecule has 3 rings (SSSR count). The molecule has 1 atom stereocenters. The van der Waals surface area contributed by atoms with Gasteiger partial charge in [0.2, 0.25) is 0 Å². The van der Waals surface area contributed by atoms with Crippen LogP contribution in [0.25, 0.3) is 0 Å². The van der Waals surface area contributed by atoms with E-state index in [9.17, 15) is 4.79 Å². The maximum Gasteiger partial charge on any atom is 0.252 e. The minimum Gasteiger partial charge on any atom is -0.348 e. The zero-order valence-electron chi connectivity index (χ0n) is 12.7. The first-order chi connectivity index (χ1) is 10.8. The van der Waals surface area contributed by atoms with Gasteiger partial charge in [-0.2, -0.15) is 0 Å². The highest BCUT2D eigenvalue weighted by atomic mass is 35.5. The SMILES string of the molecule is Cl.NCC(NC(=O)c1ccccc1SCc1cccs1)C1CC1. The van der Waals surface area contributed by atoms with Gasteiger partial charge in [0.25, 0.3) is 5.91 Å². The van der Waals surface area contributed by atoms with Crippen LogP contribution in [-0.2, 0) is 5.75 Å². The van der Waals surface area contributed by atoms with Crippen LogP contribution in [0.3, 0.4) is 0 Å². The summed E-state index contributed by atoms with van der Waals surface area (Å²) in [5.41, 5.74) is 6.54. The van der Waals surface area contributed by atoms with E-state index in [4.69, 9.17) is 5.73 Å². The molecule has 1 amide bonds. The number of hydrogen-bond donors (Lipinski definition) is 2. The van der Waals surface area contributed by atoms with Crippen molar-refractivity contribution < 1.29 is 4.79 Å². The van der Waals surface area contributed by atoms with Gasteiger partial charge in [0, 0.05) is 28.1 Å². The van der Waals surface area contributed by atoms with E-state index >= 15 is 0 Å². The zero-order chi connectivity index (χ0) is 15.4. The highest BCUT2D eigenvalue weighted by molar-refractivity contribution is 7.98. The molecule has 1 saturated carbocycles. The fraction of sp³-hybridized carbons (Fsp3) is 0.353. The number of thiophene rings is 1. The Morgan fingerprint density at radius 3 is 2.74 bits per heavy atom. The lowest BCUT2D eigenvalue weighted by molar-refractivity contribution is 0.0930. The first-order valence-electron chi connectivity index (χ1n) is 7.53. The molecular weight excluding hydrogens is 348 g/mol. The van der Waals surface area contributed by atoms with Crippen molar-refractivity contribution in [1.29, 1.82) is 0 Å². The summed E-state index contributed by atoms with van der Waals surface area (Å²) < 4.78 is 0. The Morgan fingerprint density at radius 1 is 1.30 bits per heavy atom. The first kappa shape index (κ1) is 18.3. The van der Waals surface area contributed by atoms with E-state index in [2.05, 4.69) is 22.8 Å². The molecule has 0 spiro atoms. The molecule has 1 fully saturated rings. The Hall–Kier alpha value is -1.01. The molecule has 23 heavy (non-hydrogen) atoms. The van der Waals surface area contributed by atoms with Crippen LogP contribution in [0.2, 0.25) is 0 Å². The topological polar surface area (TPSA) is 55.1 Å². The van der Waals surface area contributed by atoms with E-state index in [1.54, 1.807) is 23.1 Å². The van der Waals surface area contributed by atoms with E-state index in [1.165, 1.54) is 17.7 Å². The normalized spacial score (nSPS) is 14.8. The predicted molar refractivity (Wildman–Crippen MR) is 101 cm³/mol. The van der Waals surface area contributed by atoms with Crippen LogP contribution >= 0.6 is 35.5 Å². The Bertz CT molecular complexity index is 629. The van der Waals surface area contributed by atoms with Crippen molar-refractivity contribution in [2.75, 3.05) is 6.54 Å². The molecule has 0 radical (unpaired) electrons. The molecule has 3 N–H and O–H groups in total. The minimum atomic E-state index is -0.00312. The van der Waals surface area contributed by atoms with E-state index in [1.807, 2.05) is 24.3 Å². The highest BCUT2D eigenvalue weighted by Crippen LogP contribution is 2.33. The Morgan fingerprint density at radius 2 is 2.09 bits per heavy atom. The number of halogens is 1. The first-order valence-corrected chi connectivity index (χ1v) is 9.39. The van der Waals surface area contributed by atoms with Gasteiger partial charge in [0.1, 0.15) is 0 Å². The largest absolute Gasteiger partial charge is 0.348 e. The second-order valence-corrected chi connectivity index (χ2v) is 7.57. The number of rotatable bonds is 7. The van der Waals surface area contributed by atoms with E-state index < -0.39 is 0 Å². The summed E-state index contributed by atoms with van der Waals surface area (Å²) in [7, 11) is 0. The highest BCUT2D eigenvalue weighted by Gasteiger charge is 2.31. The average Bonchev–Trinajstić information content (AvgIpc) is 3.26. The second kappa shape index (κ2) is 8.73. The number of carbonyl (C=O) groups is 1. The molecular formula is C17H21ClN2OS2. The van der Waals surface area contributed by atoms with E-state index in [-0.39, 0.29) is 24.4 Å². The van der Waals surface area contributed by atoms with Crippen molar-refractivity contribution in [3.05, 3.63) is 52.2 Å². The Kier molecular flexibility index (Phi) is 6.96. The van der Waals surface area contributed by atoms with Crippen LogP contribution in [0, 0.1) is 5.92 Å². The summed E-state index contributed by atoms with van der Waals surface area (Å²) in [6.07, 6.45) is 2.36. The van der Waals surface area contributed by atoms with Gasteiger partial charge in [-0.1, -0.05) is 18.2 Å². The molecule has 0 aliphatic heterocycles. The Balaban J connectivity index is 0.00000192. The van der Waals surface area contributed by atoms with Gasteiger partial charge < -0.3 is 11.1 Å². The van der Waals surface area contributed by atoms with Crippen molar-refractivity contribution in [3.63, 3.8) is 0 Å². The number of amides is 1. The van der Waals surface area contributed by atoms with Crippen LogP contribution in [0.1, 0.15) is 28.1 Å². The zero-order valence-corrected chi connectivity index (χ0v) is 15.2. The van der Waals surface area contributed by atoms with Crippen LogP contribution in [0.4, 0.5) is 0 Å². The van der Waals surface area contributed by atoms with Gasteiger partial charge in [0.05, 0.1) is 5.56 Å². The number of thioether (sulfide) groups is 1. The average molecular weight is 369 g/mol. The molecule has 1 heterocycles. The third kappa shape index (κ3) is 4.98. The smallest absolute Gasteiger partial charge is 0.252 e. The van der Waals surface area contributed by atoms with Crippen molar-refractivity contribution >= 4 is 41.4 Å². The number of nitrogens with two attached hydrogens (primary N) is 1. The molecule has 1 unspecified atom stereocenters. The minimum absolute atomic E-state index is 0. The second-order valence-electron chi connectivity index (χ2n) is 5.52. The van der Waals surface area contributed by atoms with Gasteiger partial charge in [0.15, 0.2) is 0 Å². The van der Waals surface area contributed by atoms with E-state index in [0.717, 1.165) is 16.2 Å². The molecule has 124 valence electrons. The van der Waals surface area contributed by atoms with Crippen LogP contribution in [0.5, 0.6) is 0 Å². The fourth-order valence-corrected chi connectivity index (χ4v) is 4.26. The molecule has 3 nitrogen and oxygen atoms in total. The summed E-state index contributed by atoms with van der Waals surface area (Å²) >= 11 is 3.46. The fourth-order valence-electron chi connectivity index (χ4n) is 2.44. The summed E-state index contributed by atoms with van der Waals surface area (Å²) in [6, 6.07) is 12.1. The molecule has 0 saturated heterocycles. The summed E-state index contributed by atoms with van der Waals surface area (Å²) in [5, 5.41) is 5.18. The number of hydrogen-bond acceptors (Lipinski definition) is 4. The maximum absolute atomic E-state index is 12.6. The predicted octanol–water partition coefficient (Wildman–Crippen LogP) is 3.93. The van der Waals surface area contributed by atoms with Gasteiger partial charge in [-0.15, -0.1) is 35.5 Å². The molecule has 1 aliphatic carbocycles. The lowest BCUT2D eigenvalue weighted by Gasteiger charge is -2.17. The van der Waals surface area contributed by atoms with Gasteiger partial charge in [-0.3, -0.25) is 4.79 Å². The van der Waals surface area contributed by atoms with Gasteiger partial charge >= 0.3 is 0 Å². The van der Waals surface area contributed by atoms with Crippen LogP contribution < -0.4 is 11.1 Å². The molecule has 2 aromatic rings. The summed E-state index contributed by atoms with van der Waals surface area (Å²) in [5.74, 6) is 1.46. The number of benzene rings is 1. The monoisotopic (exact) mass is 368 g/mol. The van der Waals surface area contributed by atoms with E-state index in [0.29, 0.717) is 12.5 Å². The summed E-state index contributed by atoms with van der Waals surface area (Å²) in [6.45, 7) is 0.515. The molecule has 6 heteroatoms. The quantitative estimate of drug-likeness (QED) is 0.728. The van der Waals surface area contributed by atoms with Crippen LogP contribution in [-0.4, -0.2) is 18.5 Å². The number of carbonyl (C=O) groups excluding carboxylic acids is 1. The van der Waals surface area contributed by atoms with Crippen molar-refractivity contribution in [1.82, 2.24) is 5.32 Å². The van der Waals surface area contributed by atoms with Crippen molar-refractivity contribution in [2.24, 2.45) is 11.7 Å². The van der Waals surface area contributed by atoms with Gasteiger partial charge in [-0.05, 0) is 42.3 Å². The summed E-state index contributed by atoms with van der Waals surface area (Å²) in [4.78, 5) is 14.9. The number of nitrogens with one attached hydrogen (secondary N) is 1. The van der Waals surface area contributed by atoms with Crippen molar-refractivity contribution in [3.8, 4) is 0 Å². The molecule has 1 aromatic heterocycles. The lowest BCUT2D eigenvalue weighted by Crippen LogP contribution is -2.41. The Labute approximate surface area is 151 Å². The third-order valence-corrected chi connectivity index (χ3v) is 6.02. The maximum atomic E-state index is 12.6. The third-order valence-electron chi connectivity index (χ3n) is 3.84. The van der Waals surface area contributed by atoms with Crippen molar-refractivity contribution in [2.45, 2.75) is 29.5 Å². The molecule has 1 aromatic carbocycles. The molecule has 0 bridgehead atoms. The standard InChI is InChI=1S/C17H20N2OS2.ClH/c18-10-15(12-7-8-12)19-17(20)14-5-1-2-6-16(14)22-11-13-4-3-9-21-13;/h1-6,9,12,15H,7-8,10-11,18H2,(H,19,20);1H. The molecule has 1 aliphatic rings.